The molecule has 9 heteroatoms. The van der Waals surface area contributed by atoms with Crippen molar-refractivity contribution in [1.29, 1.82) is 0 Å². The Labute approximate surface area is 120 Å². The van der Waals surface area contributed by atoms with Crippen LogP contribution in [0.5, 0.6) is 0 Å². The van der Waals surface area contributed by atoms with E-state index in [1.165, 1.54) is 0 Å². The van der Waals surface area contributed by atoms with Crippen molar-refractivity contribution in [1.82, 2.24) is 4.90 Å². The van der Waals surface area contributed by atoms with Crippen LogP contribution in [-0.4, -0.2) is 54.3 Å². The lowest BCUT2D eigenvalue weighted by Crippen LogP contribution is -2.47. The predicted molar refractivity (Wildman–Crippen MR) is 68.8 cm³/mol. The van der Waals surface area contributed by atoms with Crippen LogP contribution < -0.4 is 5.73 Å². The molecule has 1 fully saturated rings. The van der Waals surface area contributed by atoms with Gasteiger partial charge >= 0.3 is 6.18 Å². The van der Waals surface area contributed by atoms with Crippen molar-refractivity contribution in [3.05, 3.63) is 0 Å². The van der Waals surface area contributed by atoms with Gasteiger partial charge in [0.25, 0.3) is 0 Å². The van der Waals surface area contributed by atoms with Crippen LogP contribution in [0.25, 0.3) is 0 Å². The molecule has 0 saturated carbocycles. The Morgan fingerprint density at radius 1 is 1.43 bits per heavy atom. The number of carbonyl (C=O) groups excluding carboxylic acids is 1. The number of ether oxygens (including phenoxy) is 1. The summed E-state index contributed by atoms with van der Waals surface area (Å²) in [5.74, 6) is -0.123. The predicted octanol–water partition coefficient (Wildman–Crippen LogP) is 1.33. The molecule has 0 aromatic heterocycles. The number of rotatable bonds is 5. The van der Waals surface area contributed by atoms with Crippen LogP contribution in [-0.2, 0) is 9.53 Å². The molecule has 1 heterocycles. The summed E-state index contributed by atoms with van der Waals surface area (Å²) in [4.78, 5) is 13.4. The number of hydrogen-bond donors (Lipinski definition) is 2. The molecule has 1 aliphatic heterocycles. The van der Waals surface area contributed by atoms with Gasteiger partial charge in [-0.15, -0.1) is 0 Å². The molecule has 0 aromatic rings. The number of nitrogens with zero attached hydrogens (tertiary/aromatic N) is 2. The molecule has 1 aliphatic rings. The third-order valence-electron chi connectivity index (χ3n) is 3.67. The van der Waals surface area contributed by atoms with Gasteiger partial charge in [0, 0.05) is 18.5 Å². The highest BCUT2D eigenvalue weighted by Crippen LogP contribution is 2.31. The number of nitrogens with two attached hydrogens (primary N) is 1. The van der Waals surface area contributed by atoms with Crippen LogP contribution in [0, 0.1) is 5.41 Å². The summed E-state index contributed by atoms with van der Waals surface area (Å²) >= 11 is 0. The van der Waals surface area contributed by atoms with E-state index in [0.29, 0.717) is 25.9 Å². The summed E-state index contributed by atoms with van der Waals surface area (Å²) in [6.45, 7) is 1.08. The first kappa shape index (κ1) is 17.5. The minimum atomic E-state index is -4.38. The number of oxime groups is 1. The van der Waals surface area contributed by atoms with Crippen LogP contribution in [0.3, 0.4) is 0 Å². The Morgan fingerprint density at radius 2 is 2.00 bits per heavy atom. The van der Waals surface area contributed by atoms with Gasteiger partial charge in [0.2, 0.25) is 5.91 Å². The van der Waals surface area contributed by atoms with E-state index < -0.39 is 18.2 Å². The van der Waals surface area contributed by atoms with Gasteiger partial charge in [-0.3, -0.25) is 4.79 Å². The Morgan fingerprint density at radius 3 is 2.48 bits per heavy atom. The SMILES string of the molecule is CC1(C(N)=NO)CCN(C(=O)CCOCC(F)(F)F)CC1. The normalized spacial score (nSPS) is 19.6. The molecule has 0 aromatic carbocycles. The number of hydrogen-bond acceptors (Lipinski definition) is 4. The number of likely N-dealkylation sites (tertiary alicyclic amines) is 1. The van der Waals surface area contributed by atoms with Crippen molar-refractivity contribution in [2.24, 2.45) is 16.3 Å². The molecule has 0 atom stereocenters. The second kappa shape index (κ2) is 6.97. The maximum atomic E-state index is 11.9. The molecule has 0 aliphatic carbocycles. The van der Waals surface area contributed by atoms with Crippen LogP contribution in [0.2, 0.25) is 0 Å². The van der Waals surface area contributed by atoms with Crippen molar-refractivity contribution >= 4 is 11.7 Å². The largest absolute Gasteiger partial charge is 0.411 e. The number of carbonyl (C=O) groups is 1. The Hall–Kier alpha value is -1.51. The topological polar surface area (TPSA) is 88.2 Å². The lowest BCUT2D eigenvalue weighted by Gasteiger charge is -2.38. The monoisotopic (exact) mass is 311 g/mol. The van der Waals surface area contributed by atoms with E-state index in [1.54, 1.807) is 4.90 Å². The lowest BCUT2D eigenvalue weighted by molar-refractivity contribution is -0.175. The Bertz CT molecular complexity index is 391. The molecule has 122 valence electrons. The lowest BCUT2D eigenvalue weighted by atomic mass is 9.79. The molecule has 6 nitrogen and oxygen atoms in total. The minimum Gasteiger partial charge on any atom is -0.409 e. The smallest absolute Gasteiger partial charge is 0.409 e. The van der Waals surface area contributed by atoms with Gasteiger partial charge in [-0.2, -0.15) is 13.2 Å². The van der Waals surface area contributed by atoms with Crippen molar-refractivity contribution < 1.29 is 27.9 Å². The molecule has 1 rings (SSSR count). The summed E-state index contributed by atoms with van der Waals surface area (Å²) in [5.41, 5.74) is 5.15. The fraction of sp³-hybridized carbons (Fsp3) is 0.833. The fourth-order valence-corrected chi connectivity index (χ4v) is 2.13. The zero-order valence-corrected chi connectivity index (χ0v) is 11.8. The summed E-state index contributed by atoms with van der Waals surface area (Å²) < 4.78 is 40.0. The molecule has 0 bridgehead atoms. The third-order valence-corrected chi connectivity index (χ3v) is 3.67. The number of halogens is 3. The zero-order valence-electron chi connectivity index (χ0n) is 11.8. The van der Waals surface area contributed by atoms with E-state index in [0.717, 1.165) is 0 Å². The quantitative estimate of drug-likeness (QED) is 0.264. The van der Waals surface area contributed by atoms with E-state index in [2.05, 4.69) is 9.89 Å². The molecule has 0 spiro atoms. The second-order valence-electron chi connectivity index (χ2n) is 5.34. The average Bonchev–Trinajstić information content (AvgIpc) is 2.42. The van der Waals surface area contributed by atoms with E-state index >= 15 is 0 Å². The summed E-state index contributed by atoms with van der Waals surface area (Å²) in [6.07, 6.45) is -3.39. The van der Waals surface area contributed by atoms with Crippen molar-refractivity contribution in [3.63, 3.8) is 0 Å². The maximum Gasteiger partial charge on any atom is 0.411 e. The third kappa shape index (κ3) is 5.41. The van der Waals surface area contributed by atoms with Crippen LogP contribution >= 0.6 is 0 Å². The van der Waals surface area contributed by atoms with Gasteiger partial charge in [0.05, 0.1) is 13.0 Å². The molecular weight excluding hydrogens is 291 g/mol. The van der Waals surface area contributed by atoms with E-state index in [9.17, 15) is 18.0 Å². The Balaban J connectivity index is 2.32. The van der Waals surface area contributed by atoms with Crippen LogP contribution in [0.15, 0.2) is 5.16 Å². The standard InChI is InChI=1S/C12H20F3N3O3/c1-11(10(16)17-20)3-5-18(6-4-11)9(19)2-7-21-8-12(13,14)15/h20H,2-8H2,1H3,(H2,16,17). The van der Waals surface area contributed by atoms with E-state index in [4.69, 9.17) is 10.9 Å². The van der Waals surface area contributed by atoms with E-state index in [1.807, 2.05) is 6.92 Å². The van der Waals surface area contributed by atoms with E-state index in [-0.39, 0.29) is 24.8 Å². The highest BCUT2D eigenvalue weighted by Gasteiger charge is 2.35. The number of amides is 1. The second-order valence-corrected chi connectivity index (χ2v) is 5.34. The van der Waals surface area contributed by atoms with Crippen molar-refractivity contribution in [2.45, 2.75) is 32.4 Å². The highest BCUT2D eigenvalue weighted by molar-refractivity contribution is 5.86. The van der Waals surface area contributed by atoms with Gasteiger partial charge in [0.1, 0.15) is 12.4 Å². The summed E-state index contributed by atoms with van der Waals surface area (Å²) in [6, 6.07) is 0. The molecule has 1 amide bonds. The fourth-order valence-electron chi connectivity index (χ4n) is 2.13. The molecule has 21 heavy (non-hydrogen) atoms. The molecule has 0 radical (unpaired) electrons. The average molecular weight is 311 g/mol. The number of amidine groups is 1. The maximum absolute atomic E-state index is 11.9. The Kier molecular flexibility index (Phi) is 5.82. The van der Waals surface area contributed by atoms with Crippen LogP contribution in [0.4, 0.5) is 13.2 Å². The molecule has 0 unspecified atom stereocenters. The highest BCUT2D eigenvalue weighted by atomic mass is 19.4. The van der Waals surface area contributed by atoms with Gasteiger partial charge < -0.3 is 20.6 Å². The summed E-state index contributed by atoms with van der Waals surface area (Å²) in [5, 5.41) is 11.7. The van der Waals surface area contributed by atoms with Gasteiger partial charge in [-0.05, 0) is 12.8 Å². The first-order valence-corrected chi connectivity index (χ1v) is 6.58. The number of alkyl halides is 3. The number of piperidine rings is 1. The van der Waals surface area contributed by atoms with Crippen molar-refractivity contribution in [3.8, 4) is 0 Å². The van der Waals surface area contributed by atoms with Gasteiger partial charge in [-0.25, -0.2) is 0 Å². The molecule has 1 saturated heterocycles. The molecular formula is C12H20F3N3O3. The van der Waals surface area contributed by atoms with Gasteiger partial charge in [-0.1, -0.05) is 12.1 Å². The minimum absolute atomic E-state index is 0.0869. The van der Waals surface area contributed by atoms with Crippen LogP contribution in [0.1, 0.15) is 26.2 Å². The first-order chi connectivity index (χ1) is 9.68. The molecule has 3 N–H and O–H groups in total. The first-order valence-electron chi connectivity index (χ1n) is 6.58. The summed E-state index contributed by atoms with van der Waals surface area (Å²) in [7, 11) is 0. The van der Waals surface area contributed by atoms with Gasteiger partial charge in [0.15, 0.2) is 0 Å². The van der Waals surface area contributed by atoms with Crippen molar-refractivity contribution in [2.75, 3.05) is 26.3 Å². The zero-order chi connectivity index (χ0) is 16.1.